The molecule has 0 spiro atoms. The molecule has 0 aliphatic rings. The van der Waals surface area contributed by atoms with Gasteiger partial charge >= 0.3 is 6.18 Å². The maximum absolute atomic E-state index is 11.8. The summed E-state index contributed by atoms with van der Waals surface area (Å²) in [6, 6.07) is 4.69. The van der Waals surface area contributed by atoms with E-state index < -0.39 is 12.8 Å². The number of anilines is 1. The van der Waals surface area contributed by atoms with Crippen LogP contribution in [0.15, 0.2) is 18.2 Å². The Morgan fingerprint density at radius 2 is 1.81 bits per heavy atom. The van der Waals surface area contributed by atoms with E-state index in [-0.39, 0.29) is 11.4 Å². The van der Waals surface area contributed by atoms with Crippen LogP contribution in [0.2, 0.25) is 0 Å². The van der Waals surface area contributed by atoms with Crippen LogP contribution < -0.4 is 10.5 Å². The SMILES string of the molecule is CC.Cc1ccc(N)c(OCC(F)(F)F)c1. The summed E-state index contributed by atoms with van der Waals surface area (Å²) in [5, 5.41) is 0. The minimum absolute atomic E-state index is 0.0716. The topological polar surface area (TPSA) is 35.2 Å². The predicted molar refractivity (Wildman–Crippen MR) is 58.5 cm³/mol. The van der Waals surface area contributed by atoms with Crippen molar-refractivity contribution in [2.24, 2.45) is 0 Å². The molecule has 0 fully saturated rings. The third kappa shape index (κ3) is 5.48. The smallest absolute Gasteiger partial charge is 0.422 e. The van der Waals surface area contributed by atoms with E-state index in [0.29, 0.717) is 0 Å². The highest BCUT2D eigenvalue weighted by Gasteiger charge is 2.28. The standard InChI is InChI=1S/C9H10F3NO.C2H6/c1-6-2-3-7(13)8(4-6)14-5-9(10,11)12;1-2/h2-4H,5,13H2,1H3;1-2H3. The van der Waals surface area contributed by atoms with E-state index >= 15 is 0 Å². The van der Waals surface area contributed by atoms with E-state index in [9.17, 15) is 13.2 Å². The zero-order valence-corrected chi connectivity index (χ0v) is 9.56. The second-order valence-corrected chi connectivity index (χ2v) is 2.95. The van der Waals surface area contributed by atoms with E-state index in [1.807, 2.05) is 13.8 Å². The molecule has 0 saturated carbocycles. The van der Waals surface area contributed by atoms with Gasteiger partial charge in [-0.05, 0) is 24.6 Å². The molecule has 0 aliphatic heterocycles. The molecule has 1 aromatic carbocycles. The molecule has 2 N–H and O–H groups in total. The number of aryl methyl sites for hydroxylation is 1. The highest BCUT2D eigenvalue weighted by atomic mass is 19.4. The zero-order valence-electron chi connectivity index (χ0n) is 9.56. The monoisotopic (exact) mass is 235 g/mol. The molecule has 5 heteroatoms. The first-order valence-corrected chi connectivity index (χ1v) is 4.94. The molecule has 0 saturated heterocycles. The fourth-order valence-corrected chi connectivity index (χ4v) is 0.926. The summed E-state index contributed by atoms with van der Waals surface area (Å²) in [4.78, 5) is 0. The Morgan fingerprint density at radius 1 is 1.25 bits per heavy atom. The number of ether oxygens (including phenoxy) is 1. The molecule has 0 atom stereocenters. The average Bonchev–Trinajstić information content (AvgIpc) is 2.21. The van der Waals surface area contributed by atoms with Gasteiger partial charge in [0.1, 0.15) is 5.75 Å². The molecule has 0 unspecified atom stereocenters. The Morgan fingerprint density at radius 3 is 2.31 bits per heavy atom. The van der Waals surface area contributed by atoms with Gasteiger partial charge in [-0.2, -0.15) is 13.2 Å². The van der Waals surface area contributed by atoms with Gasteiger partial charge in [0.15, 0.2) is 6.61 Å². The van der Waals surface area contributed by atoms with E-state index in [2.05, 4.69) is 4.74 Å². The van der Waals surface area contributed by atoms with Crippen molar-refractivity contribution in [3.8, 4) is 5.75 Å². The number of nitrogens with two attached hydrogens (primary N) is 1. The Labute approximate surface area is 93.2 Å². The predicted octanol–water partition coefficient (Wildman–Crippen LogP) is 3.54. The lowest BCUT2D eigenvalue weighted by Gasteiger charge is -2.11. The Kier molecular flexibility index (Phi) is 5.71. The van der Waals surface area contributed by atoms with Crippen LogP contribution in [0.3, 0.4) is 0 Å². The van der Waals surface area contributed by atoms with Gasteiger partial charge < -0.3 is 10.5 Å². The molecule has 0 aliphatic carbocycles. The lowest BCUT2D eigenvalue weighted by atomic mass is 10.2. The highest BCUT2D eigenvalue weighted by Crippen LogP contribution is 2.24. The first-order valence-electron chi connectivity index (χ1n) is 4.94. The molecule has 2 nitrogen and oxygen atoms in total. The summed E-state index contributed by atoms with van der Waals surface area (Å²) in [6.45, 7) is 4.43. The molecule has 0 aromatic heterocycles. The van der Waals surface area contributed by atoms with Gasteiger partial charge in [-0.1, -0.05) is 19.9 Å². The van der Waals surface area contributed by atoms with Crippen molar-refractivity contribution < 1.29 is 17.9 Å². The van der Waals surface area contributed by atoms with E-state index in [0.717, 1.165) is 5.56 Å². The van der Waals surface area contributed by atoms with Crippen LogP contribution in [0, 0.1) is 6.92 Å². The third-order valence-electron chi connectivity index (χ3n) is 1.56. The van der Waals surface area contributed by atoms with Crippen LogP contribution in [-0.2, 0) is 0 Å². The number of rotatable bonds is 2. The van der Waals surface area contributed by atoms with Crippen molar-refractivity contribution in [1.29, 1.82) is 0 Å². The first-order chi connectivity index (χ1) is 7.38. The second kappa shape index (κ2) is 6.25. The highest BCUT2D eigenvalue weighted by molar-refractivity contribution is 5.53. The van der Waals surface area contributed by atoms with Gasteiger partial charge in [0.05, 0.1) is 5.69 Å². The number of halogens is 3. The number of nitrogen functional groups attached to an aromatic ring is 1. The molecule has 1 rings (SSSR count). The molecular weight excluding hydrogens is 219 g/mol. The van der Waals surface area contributed by atoms with Crippen molar-refractivity contribution in [2.45, 2.75) is 26.9 Å². The van der Waals surface area contributed by atoms with Crippen molar-refractivity contribution in [1.82, 2.24) is 0 Å². The number of alkyl halides is 3. The van der Waals surface area contributed by atoms with Gasteiger partial charge in [-0.3, -0.25) is 0 Å². The molecule has 0 radical (unpaired) electrons. The quantitative estimate of drug-likeness (QED) is 0.796. The van der Waals surface area contributed by atoms with E-state index in [1.165, 1.54) is 12.1 Å². The van der Waals surface area contributed by atoms with Crippen LogP contribution >= 0.6 is 0 Å². The van der Waals surface area contributed by atoms with Crippen molar-refractivity contribution >= 4 is 5.69 Å². The number of benzene rings is 1. The number of hydrogen-bond donors (Lipinski definition) is 1. The summed E-state index contributed by atoms with van der Waals surface area (Å²) < 4.78 is 40.0. The summed E-state index contributed by atoms with van der Waals surface area (Å²) in [5.41, 5.74) is 6.44. The Bertz CT molecular complexity index is 323. The summed E-state index contributed by atoms with van der Waals surface area (Å²) in [5.74, 6) is 0.0716. The summed E-state index contributed by atoms with van der Waals surface area (Å²) >= 11 is 0. The second-order valence-electron chi connectivity index (χ2n) is 2.95. The van der Waals surface area contributed by atoms with Gasteiger partial charge in [-0.15, -0.1) is 0 Å². The van der Waals surface area contributed by atoms with Crippen molar-refractivity contribution in [3.63, 3.8) is 0 Å². The fourth-order valence-electron chi connectivity index (χ4n) is 0.926. The molecule has 0 amide bonds. The molecule has 16 heavy (non-hydrogen) atoms. The number of hydrogen-bond acceptors (Lipinski definition) is 2. The minimum atomic E-state index is -4.34. The normalized spacial score (nSPS) is 10.4. The van der Waals surface area contributed by atoms with E-state index in [4.69, 9.17) is 5.73 Å². The maximum Gasteiger partial charge on any atom is 0.422 e. The van der Waals surface area contributed by atoms with E-state index in [1.54, 1.807) is 13.0 Å². The van der Waals surface area contributed by atoms with Crippen molar-refractivity contribution in [3.05, 3.63) is 23.8 Å². The largest absolute Gasteiger partial charge is 0.482 e. The summed E-state index contributed by atoms with van der Waals surface area (Å²) in [7, 11) is 0. The van der Waals surface area contributed by atoms with Crippen molar-refractivity contribution in [2.75, 3.05) is 12.3 Å². The zero-order chi connectivity index (χ0) is 12.8. The molecule has 1 aromatic rings. The van der Waals surface area contributed by atoms with Gasteiger partial charge in [-0.25, -0.2) is 0 Å². The van der Waals surface area contributed by atoms with Crippen LogP contribution in [0.25, 0.3) is 0 Å². The average molecular weight is 235 g/mol. The third-order valence-corrected chi connectivity index (χ3v) is 1.56. The fraction of sp³-hybridized carbons (Fsp3) is 0.455. The van der Waals surface area contributed by atoms with Crippen LogP contribution in [-0.4, -0.2) is 12.8 Å². The lowest BCUT2D eigenvalue weighted by molar-refractivity contribution is -0.153. The van der Waals surface area contributed by atoms with Gasteiger partial charge in [0, 0.05) is 0 Å². The molecule has 0 heterocycles. The van der Waals surface area contributed by atoms with Gasteiger partial charge in [0.2, 0.25) is 0 Å². The van der Waals surface area contributed by atoms with Crippen LogP contribution in [0.1, 0.15) is 19.4 Å². The summed E-state index contributed by atoms with van der Waals surface area (Å²) in [6.07, 6.45) is -4.34. The maximum atomic E-state index is 11.8. The minimum Gasteiger partial charge on any atom is -0.482 e. The Balaban J connectivity index is 0.00000106. The van der Waals surface area contributed by atoms with Crippen LogP contribution in [0.5, 0.6) is 5.75 Å². The molecule has 0 bridgehead atoms. The molecular formula is C11H16F3NO. The Hall–Kier alpha value is -1.39. The molecule has 92 valence electrons. The lowest BCUT2D eigenvalue weighted by Crippen LogP contribution is -2.19. The van der Waals surface area contributed by atoms with Gasteiger partial charge in [0.25, 0.3) is 0 Å². The first kappa shape index (κ1) is 14.6. The van der Waals surface area contributed by atoms with Crippen LogP contribution in [0.4, 0.5) is 18.9 Å².